The van der Waals surface area contributed by atoms with E-state index in [1.54, 1.807) is 6.08 Å². The molecule has 4 heteroatoms. The van der Waals surface area contributed by atoms with E-state index in [2.05, 4.69) is 36.3 Å². The number of aliphatic hydroxyl groups excluding tert-OH is 1. The van der Waals surface area contributed by atoms with E-state index in [0.717, 1.165) is 16.8 Å². The van der Waals surface area contributed by atoms with Crippen LogP contribution in [0.3, 0.4) is 0 Å². The molecule has 4 nitrogen and oxygen atoms in total. The lowest BCUT2D eigenvalue weighted by atomic mass is 9.96. The molecular formula is C24H26N2O2. The Morgan fingerprint density at radius 2 is 1.82 bits per heavy atom. The van der Waals surface area contributed by atoms with Gasteiger partial charge in [-0.2, -0.15) is 5.10 Å². The van der Waals surface area contributed by atoms with Gasteiger partial charge in [-0.3, -0.25) is 9.48 Å². The Morgan fingerprint density at radius 3 is 2.50 bits per heavy atom. The Balaban J connectivity index is 1.64. The summed E-state index contributed by atoms with van der Waals surface area (Å²) in [6, 6.07) is 20.0. The Labute approximate surface area is 166 Å². The minimum atomic E-state index is -0.115. The van der Waals surface area contributed by atoms with Crippen LogP contribution in [0.1, 0.15) is 45.2 Å². The minimum Gasteiger partial charge on any atom is -0.396 e. The zero-order valence-electron chi connectivity index (χ0n) is 16.4. The summed E-state index contributed by atoms with van der Waals surface area (Å²) in [6.07, 6.45) is 3.99. The normalized spacial score (nSPS) is 12.4. The molecule has 3 aromatic rings. The first-order valence-electron chi connectivity index (χ1n) is 9.53. The molecule has 1 aromatic heterocycles. The van der Waals surface area contributed by atoms with E-state index in [0.29, 0.717) is 18.7 Å². The van der Waals surface area contributed by atoms with Crippen molar-refractivity contribution in [3.8, 4) is 0 Å². The summed E-state index contributed by atoms with van der Waals surface area (Å²) < 4.78 is 1.85. The van der Waals surface area contributed by atoms with Crippen LogP contribution in [0.5, 0.6) is 0 Å². The second-order valence-electron chi connectivity index (χ2n) is 7.11. The first-order valence-corrected chi connectivity index (χ1v) is 9.53. The number of rotatable bonds is 8. The zero-order chi connectivity index (χ0) is 19.9. The lowest BCUT2D eigenvalue weighted by molar-refractivity contribution is 0.104. The number of aryl methyl sites for hydroxylation is 2. The predicted octanol–water partition coefficient (Wildman–Crippen LogP) is 4.45. The van der Waals surface area contributed by atoms with Crippen molar-refractivity contribution in [3.63, 3.8) is 0 Å². The number of carbonyl (C=O) groups excluding carboxylic acids is 1. The van der Waals surface area contributed by atoms with Crippen molar-refractivity contribution in [1.82, 2.24) is 9.78 Å². The highest BCUT2D eigenvalue weighted by atomic mass is 16.3. The molecule has 0 aliphatic carbocycles. The molecule has 144 valence electrons. The average molecular weight is 374 g/mol. The molecule has 0 bridgehead atoms. The predicted molar refractivity (Wildman–Crippen MR) is 112 cm³/mol. The van der Waals surface area contributed by atoms with E-state index in [1.165, 1.54) is 5.56 Å². The second-order valence-corrected chi connectivity index (χ2v) is 7.11. The lowest BCUT2D eigenvalue weighted by Crippen LogP contribution is -2.06. The summed E-state index contributed by atoms with van der Waals surface area (Å²) in [7, 11) is 0. The van der Waals surface area contributed by atoms with Gasteiger partial charge in [0.1, 0.15) is 5.69 Å². The molecule has 0 fully saturated rings. The number of allylic oxidation sites excluding steroid dienone is 2. The molecule has 0 spiro atoms. The van der Waals surface area contributed by atoms with Crippen LogP contribution in [0.15, 0.2) is 72.8 Å². The van der Waals surface area contributed by atoms with Gasteiger partial charge >= 0.3 is 0 Å². The molecule has 1 unspecified atom stereocenters. The summed E-state index contributed by atoms with van der Waals surface area (Å²) in [5.74, 6) is -0.124. The number of benzene rings is 2. The molecule has 0 aliphatic rings. The van der Waals surface area contributed by atoms with Gasteiger partial charge in [-0.15, -0.1) is 0 Å². The molecular weight excluding hydrogens is 348 g/mol. The third kappa shape index (κ3) is 5.05. The monoisotopic (exact) mass is 374 g/mol. The average Bonchev–Trinajstić information content (AvgIpc) is 3.08. The summed E-state index contributed by atoms with van der Waals surface area (Å²) >= 11 is 0. The standard InChI is InChI=1S/C24H26N2O2/c1-18-11-13-20(14-12-18)16-26-19(2)15-23(25-26)24(28)10-6-9-22(17-27)21-7-4-3-5-8-21/h3-8,10-15,22,27H,9,16-17H2,1-2H3/b10-6+. The van der Waals surface area contributed by atoms with E-state index >= 15 is 0 Å². The maximum atomic E-state index is 12.5. The van der Waals surface area contributed by atoms with Crippen molar-refractivity contribution in [2.45, 2.75) is 32.7 Å². The Morgan fingerprint density at radius 1 is 1.11 bits per heavy atom. The fourth-order valence-corrected chi connectivity index (χ4v) is 3.12. The molecule has 0 radical (unpaired) electrons. The van der Waals surface area contributed by atoms with Crippen LogP contribution < -0.4 is 0 Å². The molecule has 28 heavy (non-hydrogen) atoms. The van der Waals surface area contributed by atoms with Crippen molar-refractivity contribution in [3.05, 3.63) is 101 Å². The number of aromatic nitrogens is 2. The van der Waals surface area contributed by atoms with E-state index in [9.17, 15) is 9.90 Å². The van der Waals surface area contributed by atoms with Crippen LogP contribution in [-0.4, -0.2) is 27.3 Å². The Hall–Kier alpha value is -2.98. The fraction of sp³-hybridized carbons (Fsp3) is 0.250. The van der Waals surface area contributed by atoms with Gasteiger partial charge in [0, 0.05) is 11.6 Å². The Bertz CT molecular complexity index is 940. The summed E-state index contributed by atoms with van der Waals surface area (Å²) in [4.78, 5) is 12.5. The molecule has 0 aliphatic heterocycles. The number of carbonyl (C=O) groups is 1. The maximum absolute atomic E-state index is 12.5. The zero-order valence-corrected chi connectivity index (χ0v) is 16.4. The molecule has 0 saturated heterocycles. The van der Waals surface area contributed by atoms with Crippen LogP contribution >= 0.6 is 0 Å². The third-order valence-corrected chi connectivity index (χ3v) is 4.87. The SMILES string of the molecule is Cc1ccc(Cn2nc(C(=O)/C=C/CC(CO)c3ccccc3)cc2C)cc1. The van der Waals surface area contributed by atoms with E-state index in [-0.39, 0.29) is 18.3 Å². The van der Waals surface area contributed by atoms with Crippen molar-refractivity contribution >= 4 is 5.78 Å². The lowest BCUT2D eigenvalue weighted by Gasteiger charge is -2.11. The molecule has 1 N–H and O–H groups in total. The van der Waals surface area contributed by atoms with Gasteiger partial charge in [-0.1, -0.05) is 66.2 Å². The number of hydrogen-bond acceptors (Lipinski definition) is 3. The quantitative estimate of drug-likeness (QED) is 0.468. The third-order valence-electron chi connectivity index (χ3n) is 4.87. The highest BCUT2D eigenvalue weighted by Crippen LogP contribution is 2.19. The van der Waals surface area contributed by atoms with Gasteiger partial charge in [-0.25, -0.2) is 0 Å². The second kappa shape index (κ2) is 9.29. The minimum absolute atomic E-state index is 0.00826. The van der Waals surface area contributed by atoms with Gasteiger partial charge in [0.25, 0.3) is 0 Å². The van der Waals surface area contributed by atoms with Crippen LogP contribution in [0.25, 0.3) is 0 Å². The Kier molecular flexibility index (Phi) is 6.56. The van der Waals surface area contributed by atoms with Gasteiger partial charge in [0.2, 0.25) is 5.78 Å². The largest absolute Gasteiger partial charge is 0.396 e. The number of nitrogens with zero attached hydrogens (tertiary/aromatic N) is 2. The topological polar surface area (TPSA) is 55.1 Å². The van der Waals surface area contributed by atoms with Crippen LogP contribution in [-0.2, 0) is 6.54 Å². The molecule has 2 aromatic carbocycles. The first-order chi connectivity index (χ1) is 13.6. The summed E-state index contributed by atoms with van der Waals surface area (Å²) in [5, 5.41) is 14.1. The number of aliphatic hydroxyl groups is 1. The molecule has 0 saturated carbocycles. The van der Waals surface area contributed by atoms with Crippen molar-refractivity contribution in [1.29, 1.82) is 0 Å². The smallest absolute Gasteiger partial charge is 0.205 e. The van der Waals surface area contributed by atoms with Gasteiger partial charge in [0.05, 0.1) is 13.2 Å². The molecule has 1 atom stereocenters. The highest BCUT2D eigenvalue weighted by Gasteiger charge is 2.12. The summed E-state index contributed by atoms with van der Waals surface area (Å²) in [6.45, 7) is 4.71. The fourth-order valence-electron chi connectivity index (χ4n) is 3.12. The maximum Gasteiger partial charge on any atom is 0.205 e. The molecule has 3 rings (SSSR count). The van der Waals surface area contributed by atoms with E-state index in [1.807, 2.05) is 54.1 Å². The van der Waals surface area contributed by atoms with Crippen LogP contribution in [0.2, 0.25) is 0 Å². The van der Waals surface area contributed by atoms with Gasteiger partial charge in [-0.05, 0) is 43.5 Å². The first kappa shape index (κ1) is 19.8. The summed E-state index contributed by atoms with van der Waals surface area (Å²) in [5.41, 5.74) is 4.84. The van der Waals surface area contributed by atoms with Crippen molar-refractivity contribution < 1.29 is 9.90 Å². The van der Waals surface area contributed by atoms with Crippen LogP contribution in [0, 0.1) is 13.8 Å². The molecule has 0 amide bonds. The number of hydrogen-bond donors (Lipinski definition) is 1. The van der Waals surface area contributed by atoms with Gasteiger partial charge in [0.15, 0.2) is 0 Å². The van der Waals surface area contributed by atoms with Crippen LogP contribution in [0.4, 0.5) is 0 Å². The van der Waals surface area contributed by atoms with Crippen molar-refractivity contribution in [2.24, 2.45) is 0 Å². The van der Waals surface area contributed by atoms with Crippen molar-refractivity contribution in [2.75, 3.05) is 6.61 Å². The van der Waals surface area contributed by atoms with E-state index < -0.39 is 0 Å². The van der Waals surface area contributed by atoms with E-state index in [4.69, 9.17) is 0 Å². The molecule has 1 heterocycles. The highest BCUT2D eigenvalue weighted by molar-refractivity contribution is 6.03. The number of ketones is 1. The van der Waals surface area contributed by atoms with Gasteiger partial charge < -0.3 is 5.11 Å².